The van der Waals surface area contributed by atoms with Crippen LogP contribution in [0.2, 0.25) is 0 Å². The maximum absolute atomic E-state index is 10.3. The summed E-state index contributed by atoms with van der Waals surface area (Å²) < 4.78 is 6.07. The molecule has 1 aliphatic heterocycles. The Morgan fingerprint density at radius 2 is 1.59 bits per heavy atom. The number of hydrogen-bond acceptors (Lipinski definition) is 5. The van der Waals surface area contributed by atoms with E-state index in [1.807, 2.05) is 12.1 Å². The number of nitrogens with zero attached hydrogens (tertiary/aromatic N) is 1. The van der Waals surface area contributed by atoms with Crippen LogP contribution in [0.25, 0.3) is 0 Å². The zero-order chi connectivity index (χ0) is 27.0. The molecule has 0 saturated carbocycles. The summed E-state index contributed by atoms with van der Waals surface area (Å²) in [4.78, 5) is 2.55. The SMILES string of the molecule is CC(Cc1ccc(OCCN2CCCCCCC2)cc1)Nc1cc(O)ccc1C1CCc2cc(O)ccc2C1. The molecule has 208 valence electrons. The molecule has 5 rings (SSSR count). The highest BCUT2D eigenvalue weighted by Gasteiger charge is 2.23. The highest BCUT2D eigenvalue weighted by molar-refractivity contribution is 5.58. The molecule has 5 heteroatoms. The molecule has 5 nitrogen and oxygen atoms in total. The van der Waals surface area contributed by atoms with Gasteiger partial charge in [0.25, 0.3) is 0 Å². The third-order valence-corrected chi connectivity index (χ3v) is 8.39. The number of phenols is 2. The molecule has 1 heterocycles. The predicted molar refractivity (Wildman–Crippen MR) is 159 cm³/mol. The van der Waals surface area contributed by atoms with Crippen LogP contribution in [0.5, 0.6) is 17.2 Å². The zero-order valence-corrected chi connectivity index (χ0v) is 23.4. The molecule has 39 heavy (non-hydrogen) atoms. The molecule has 0 spiro atoms. The first-order valence-corrected chi connectivity index (χ1v) is 14.9. The van der Waals surface area contributed by atoms with Crippen molar-refractivity contribution in [1.29, 1.82) is 0 Å². The summed E-state index contributed by atoms with van der Waals surface area (Å²) in [5.74, 6) is 1.95. The lowest BCUT2D eigenvalue weighted by molar-refractivity contribution is 0.195. The number of likely N-dealkylation sites (tertiary alicyclic amines) is 1. The van der Waals surface area contributed by atoms with Crippen LogP contribution >= 0.6 is 0 Å². The van der Waals surface area contributed by atoms with Crippen LogP contribution in [0, 0.1) is 0 Å². The van der Waals surface area contributed by atoms with Gasteiger partial charge in [0.15, 0.2) is 0 Å². The lowest BCUT2D eigenvalue weighted by atomic mass is 9.79. The van der Waals surface area contributed by atoms with Crippen LogP contribution in [-0.4, -0.2) is 47.4 Å². The number of aryl methyl sites for hydroxylation is 1. The van der Waals surface area contributed by atoms with Crippen LogP contribution in [0.4, 0.5) is 5.69 Å². The Balaban J connectivity index is 1.15. The van der Waals surface area contributed by atoms with Gasteiger partial charge in [-0.25, -0.2) is 0 Å². The van der Waals surface area contributed by atoms with Crippen molar-refractivity contribution in [3.8, 4) is 17.2 Å². The van der Waals surface area contributed by atoms with Gasteiger partial charge in [0, 0.05) is 24.3 Å². The van der Waals surface area contributed by atoms with Crippen molar-refractivity contribution in [3.63, 3.8) is 0 Å². The quantitative estimate of drug-likeness (QED) is 0.278. The first-order chi connectivity index (χ1) is 19.0. The molecule has 1 aliphatic carbocycles. The summed E-state index contributed by atoms with van der Waals surface area (Å²) in [6.45, 7) is 6.34. The van der Waals surface area contributed by atoms with Crippen LogP contribution < -0.4 is 10.1 Å². The molecule has 3 aromatic carbocycles. The maximum atomic E-state index is 10.3. The van der Waals surface area contributed by atoms with Gasteiger partial charge < -0.3 is 20.3 Å². The van der Waals surface area contributed by atoms with E-state index >= 15 is 0 Å². The van der Waals surface area contributed by atoms with Crippen molar-refractivity contribution < 1.29 is 14.9 Å². The summed E-state index contributed by atoms with van der Waals surface area (Å²) in [7, 11) is 0. The summed E-state index contributed by atoms with van der Waals surface area (Å²) in [5, 5.41) is 23.8. The monoisotopic (exact) mass is 528 g/mol. The van der Waals surface area contributed by atoms with E-state index in [4.69, 9.17) is 4.74 Å². The van der Waals surface area contributed by atoms with Crippen molar-refractivity contribution in [1.82, 2.24) is 4.90 Å². The van der Waals surface area contributed by atoms with Gasteiger partial charge in [-0.3, -0.25) is 4.90 Å². The first-order valence-electron chi connectivity index (χ1n) is 14.9. The Morgan fingerprint density at radius 3 is 2.38 bits per heavy atom. The van der Waals surface area contributed by atoms with Gasteiger partial charge in [0.05, 0.1) is 0 Å². The molecule has 3 aromatic rings. The van der Waals surface area contributed by atoms with Gasteiger partial charge in [-0.1, -0.05) is 43.5 Å². The molecule has 1 saturated heterocycles. The minimum absolute atomic E-state index is 0.206. The third-order valence-electron chi connectivity index (χ3n) is 8.39. The average Bonchev–Trinajstić information content (AvgIpc) is 2.90. The van der Waals surface area contributed by atoms with E-state index in [1.54, 1.807) is 12.1 Å². The molecule has 3 N–H and O–H groups in total. The van der Waals surface area contributed by atoms with Crippen LogP contribution in [-0.2, 0) is 19.3 Å². The second-order valence-electron chi connectivity index (χ2n) is 11.5. The molecule has 0 amide bonds. The van der Waals surface area contributed by atoms with Crippen molar-refractivity contribution >= 4 is 5.69 Å². The summed E-state index contributed by atoms with van der Waals surface area (Å²) in [5.41, 5.74) is 6.08. The van der Waals surface area contributed by atoms with E-state index in [2.05, 4.69) is 53.5 Å². The molecule has 2 aliphatic rings. The van der Waals surface area contributed by atoms with Crippen LogP contribution in [0.3, 0.4) is 0 Å². The van der Waals surface area contributed by atoms with Crippen molar-refractivity contribution in [2.75, 3.05) is 31.6 Å². The van der Waals surface area contributed by atoms with Gasteiger partial charge in [0.2, 0.25) is 0 Å². The standard InChI is InChI=1S/C34H44N2O3/c1-25(21-26-7-14-32(15-8-26)39-20-19-36-17-5-3-2-4-6-18-36)35-34-24-31(38)13-16-33(34)29-10-9-28-23-30(37)12-11-27(28)22-29/h7-8,11-16,23-25,29,35,37-38H,2-6,9-10,17-22H2,1H3. The smallest absolute Gasteiger partial charge is 0.119 e. The Bertz CT molecular complexity index is 1200. The van der Waals surface area contributed by atoms with E-state index < -0.39 is 0 Å². The van der Waals surface area contributed by atoms with Crippen molar-refractivity contribution in [3.05, 3.63) is 82.9 Å². The Morgan fingerprint density at radius 1 is 0.872 bits per heavy atom. The van der Waals surface area contributed by atoms with Gasteiger partial charge in [-0.2, -0.15) is 0 Å². The fraction of sp³-hybridized carbons (Fsp3) is 0.471. The van der Waals surface area contributed by atoms with Gasteiger partial charge in [-0.05, 0) is 117 Å². The number of nitrogens with one attached hydrogen (secondary N) is 1. The molecular formula is C34H44N2O3. The highest BCUT2D eigenvalue weighted by Crippen LogP contribution is 2.38. The largest absolute Gasteiger partial charge is 0.508 e. The molecular weight excluding hydrogens is 484 g/mol. The molecule has 2 atom stereocenters. The molecule has 0 aromatic heterocycles. The van der Waals surface area contributed by atoms with E-state index in [1.165, 1.54) is 67.4 Å². The van der Waals surface area contributed by atoms with Crippen molar-refractivity contribution in [2.45, 2.75) is 76.7 Å². The van der Waals surface area contributed by atoms with Gasteiger partial charge in [-0.15, -0.1) is 0 Å². The minimum Gasteiger partial charge on any atom is -0.508 e. The zero-order valence-electron chi connectivity index (χ0n) is 23.4. The third kappa shape index (κ3) is 7.69. The fourth-order valence-corrected chi connectivity index (χ4v) is 6.25. The number of aromatic hydroxyl groups is 2. The number of rotatable bonds is 9. The number of fused-ring (bicyclic) bond motifs is 1. The summed E-state index contributed by atoms with van der Waals surface area (Å²) in [6.07, 6.45) is 10.6. The summed E-state index contributed by atoms with van der Waals surface area (Å²) in [6, 6.07) is 20.2. The Hall–Kier alpha value is -3.18. The maximum Gasteiger partial charge on any atom is 0.119 e. The topological polar surface area (TPSA) is 65.0 Å². The Kier molecular flexibility index (Phi) is 9.31. The second-order valence-corrected chi connectivity index (χ2v) is 11.5. The second kappa shape index (κ2) is 13.3. The molecule has 2 unspecified atom stereocenters. The van der Waals surface area contributed by atoms with Crippen LogP contribution in [0.15, 0.2) is 60.7 Å². The molecule has 0 bridgehead atoms. The highest BCUT2D eigenvalue weighted by atomic mass is 16.5. The lowest BCUT2D eigenvalue weighted by Crippen LogP contribution is -2.31. The molecule has 1 fully saturated rings. The summed E-state index contributed by atoms with van der Waals surface area (Å²) >= 11 is 0. The average molecular weight is 529 g/mol. The Labute approximate surface area is 233 Å². The first kappa shape index (κ1) is 27.4. The van der Waals surface area contributed by atoms with Crippen LogP contribution in [0.1, 0.15) is 73.6 Å². The number of phenolic OH excluding ortho intramolecular Hbond substituents is 2. The minimum atomic E-state index is 0.206. The predicted octanol–water partition coefficient (Wildman–Crippen LogP) is 7.06. The lowest BCUT2D eigenvalue weighted by Gasteiger charge is -2.28. The fourth-order valence-electron chi connectivity index (χ4n) is 6.25. The van der Waals surface area contributed by atoms with E-state index in [-0.39, 0.29) is 11.8 Å². The van der Waals surface area contributed by atoms with Gasteiger partial charge in [0.1, 0.15) is 23.9 Å². The normalized spacial score (nSPS) is 18.9. The van der Waals surface area contributed by atoms with Gasteiger partial charge >= 0.3 is 0 Å². The van der Waals surface area contributed by atoms with E-state index in [0.717, 1.165) is 50.3 Å². The molecule has 0 radical (unpaired) electrons. The van der Waals surface area contributed by atoms with E-state index in [9.17, 15) is 10.2 Å². The van der Waals surface area contributed by atoms with Crippen molar-refractivity contribution in [2.24, 2.45) is 0 Å². The van der Waals surface area contributed by atoms with E-state index in [0.29, 0.717) is 11.7 Å². The number of benzene rings is 3. The number of anilines is 1. The number of hydrogen-bond donors (Lipinski definition) is 3. The number of ether oxygens (including phenoxy) is 1.